The summed E-state index contributed by atoms with van der Waals surface area (Å²) in [5, 5.41) is 3.43. The summed E-state index contributed by atoms with van der Waals surface area (Å²) in [6.07, 6.45) is 5.45. The maximum atomic E-state index is 5.02. The summed E-state index contributed by atoms with van der Waals surface area (Å²) >= 11 is 0. The molecule has 18 heavy (non-hydrogen) atoms. The summed E-state index contributed by atoms with van der Waals surface area (Å²) in [5.41, 5.74) is 0. The van der Waals surface area contributed by atoms with E-state index in [1.54, 1.807) is 7.11 Å². The minimum atomic E-state index is 0.820. The summed E-state index contributed by atoms with van der Waals surface area (Å²) in [6.45, 7) is 9.44. The van der Waals surface area contributed by atoms with Crippen LogP contribution in [0.4, 0.5) is 0 Å². The van der Waals surface area contributed by atoms with Gasteiger partial charge in [0.25, 0.3) is 0 Å². The zero-order chi connectivity index (χ0) is 12.6. The first-order valence-electron chi connectivity index (χ1n) is 7.56. The quantitative estimate of drug-likeness (QED) is 0.681. The number of nitrogens with zero attached hydrogens (tertiary/aromatic N) is 2. The highest BCUT2D eigenvalue weighted by molar-refractivity contribution is 4.84. The van der Waals surface area contributed by atoms with Crippen molar-refractivity contribution in [2.45, 2.75) is 31.7 Å². The Balaban J connectivity index is 1.57. The Morgan fingerprint density at radius 1 is 1.17 bits per heavy atom. The van der Waals surface area contributed by atoms with Gasteiger partial charge in [0.15, 0.2) is 0 Å². The maximum absolute atomic E-state index is 5.02. The van der Waals surface area contributed by atoms with Gasteiger partial charge in [0, 0.05) is 26.2 Å². The van der Waals surface area contributed by atoms with Gasteiger partial charge in [-0.25, -0.2) is 0 Å². The Bertz CT molecular complexity index is 225. The van der Waals surface area contributed by atoms with E-state index >= 15 is 0 Å². The number of fused-ring (bicyclic) bond motifs is 1. The van der Waals surface area contributed by atoms with E-state index in [1.165, 1.54) is 58.4 Å². The van der Waals surface area contributed by atoms with Crippen molar-refractivity contribution in [1.82, 2.24) is 15.1 Å². The normalized spacial score (nSPS) is 26.2. The fraction of sp³-hybridized carbons (Fsp3) is 1.00. The molecular formula is C14H29N3O. The van der Waals surface area contributed by atoms with E-state index in [-0.39, 0.29) is 0 Å². The summed E-state index contributed by atoms with van der Waals surface area (Å²) < 4.78 is 5.02. The van der Waals surface area contributed by atoms with Gasteiger partial charge in [-0.2, -0.15) is 0 Å². The smallest absolute Gasteiger partial charge is 0.0587 e. The second kappa shape index (κ2) is 8.10. The van der Waals surface area contributed by atoms with Crippen LogP contribution in [-0.4, -0.2) is 75.4 Å². The monoisotopic (exact) mass is 255 g/mol. The Kier molecular flexibility index (Phi) is 6.41. The van der Waals surface area contributed by atoms with E-state index in [4.69, 9.17) is 4.74 Å². The Morgan fingerprint density at radius 3 is 2.94 bits per heavy atom. The Morgan fingerprint density at radius 2 is 2.06 bits per heavy atom. The van der Waals surface area contributed by atoms with Crippen LogP contribution in [0.2, 0.25) is 0 Å². The molecule has 2 heterocycles. The molecule has 0 aromatic rings. The maximum Gasteiger partial charge on any atom is 0.0587 e. The topological polar surface area (TPSA) is 27.7 Å². The van der Waals surface area contributed by atoms with Crippen molar-refractivity contribution in [2.24, 2.45) is 0 Å². The van der Waals surface area contributed by atoms with Crippen LogP contribution in [-0.2, 0) is 4.74 Å². The molecular weight excluding hydrogens is 226 g/mol. The molecule has 2 rings (SSSR count). The second-order valence-corrected chi connectivity index (χ2v) is 5.58. The predicted molar refractivity (Wildman–Crippen MR) is 75.0 cm³/mol. The number of ether oxygens (including phenoxy) is 1. The molecule has 0 aromatic carbocycles. The van der Waals surface area contributed by atoms with Gasteiger partial charge in [-0.05, 0) is 58.4 Å². The lowest BCUT2D eigenvalue weighted by atomic mass is 10.2. The highest BCUT2D eigenvalue weighted by atomic mass is 16.5. The van der Waals surface area contributed by atoms with Crippen LogP contribution in [0.5, 0.6) is 0 Å². The van der Waals surface area contributed by atoms with Gasteiger partial charge >= 0.3 is 0 Å². The van der Waals surface area contributed by atoms with Crippen molar-refractivity contribution < 1.29 is 4.74 Å². The average Bonchev–Trinajstić information content (AvgIpc) is 2.72. The zero-order valence-electron chi connectivity index (χ0n) is 11.9. The van der Waals surface area contributed by atoms with Gasteiger partial charge in [0.05, 0.1) is 6.61 Å². The Labute approximate surface area is 112 Å². The molecule has 1 atom stereocenters. The molecule has 2 saturated heterocycles. The lowest BCUT2D eigenvalue weighted by molar-refractivity contribution is 0.197. The third-order valence-corrected chi connectivity index (χ3v) is 4.20. The molecule has 2 aliphatic rings. The predicted octanol–water partition coefficient (Wildman–Crippen LogP) is 0.783. The van der Waals surface area contributed by atoms with Crippen molar-refractivity contribution in [3.05, 3.63) is 0 Å². The molecule has 2 aliphatic heterocycles. The largest absolute Gasteiger partial charge is 0.383 e. The van der Waals surface area contributed by atoms with Crippen molar-refractivity contribution in [3.63, 3.8) is 0 Å². The van der Waals surface area contributed by atoms with Crippen LogP contribution in [0.1, 0.15) is 25.7 Å². The van der Waals surface area contributed by atoms with Crippen LogP contribution in [0.3, 0.4) is 0 Å². The van der Waals surface area contributed by atoms with Crippen molar-refractivity contribution in [1.29, 1.82) is 0 Å². The Hall–Kier alpha value is -0.160. The van der Waals surface area contributed by atoms with Gasteiger partial charge in [0.2, 0.25) is 0 Å². The third kappa shape index (κ3) is 4.50. The van der Waals surface area contributed by atoms with E-state index in [9.17, 15) is 0 Å². The minimum Gasteiger partial charge on any atom is -0.383 e. The van der Waals surface area contributed by atoms with Crippen molar-refractivity contribution in [2.75, 3.05) is 59.5 Å². The molecule has 1 unspecified atom stereocenters. The summed E-state index contributed by atoms with van der Waals surface area (Å²) in [5.74, 6) is 0. The van der Waals surface area contributed by atoms with Gasteiger partial charge in [-0.3, -0.25) is 4.90 Å². The van der Waals surface area contributed by atoms with Gasteiger partial charge in [-0.15, -0.1) is 0 Å². The fourth-order valence-electron chi connectivity index (χ4n) is 3.21. The van der Waals surface area contributed by atoms with Crippen molar-refractivity contribution in [3.8, 4) is 0 Å². The molecule has 106 valence electrons. The number of hydrogen-bond donors (Lipinski definition) is 1. The van der Waals surface area contributed by atoms with Gasteiger partial charge in [0.1, 0.15) is 0 Å². The second-order valence-electron chi connectivity index (χ2n) is 5.58. The molecule has 4 nitrogen and oxygen atoms in total. The molecule has 0 radical (unpaired) electrons. The van der Waals surface area contributed by atoms with E-state index in [2.05, 4.69) is 15.1 Å². The summed E-state index contributed by atoms with van der Waals surface area (Å²) in [4.78, 5) is 5.38. The van der Waals surface area contributed by atoms with Crippen LogP contribution in [0.25, 0.3) is 0 Å². The summed E-state index contributed by atoms with van der Waals surface area (Å²) in [7, 11) is 1.76. The first-order valence-corrected chi connectivity index (χ1v) is 7.56. The molecule has 0 saturated carbocycles. The SMILES string of the molecule is COCCNCCCN1CCCN2CCCC2C1. The molecule has 0 bridgehead atoms. The molecule has 1 N–H and O–H groups in total. The van der Waals surface area contributed by atoms with E-state index in [0.717, 1.165) is 25.7 Å². The molecule has 2 fully saturated rings. The lowest BCUT2D eigenvalue weighted by Gasteiger charge is -2.25. The van der Waals surface area contributed by atoms with Crippen LogP contribution < -0.4 is 5.32 Å². The zero-order valence-corrected chi connectivity index (χ0v) is 11.9. The highest BCUT2D eigenvalue weighted by Crippen LogP contribution is 2.21. The molecule has 0 aliphatic carbocycles. The number of nitrogens with one attached hydrogen (secondary N) is 1. The first-order chi connectivity index (χ1) is 8.90. The fourth-order valence-corrected chi connectivity index (χ4v) is 3.21. The number of hydrogen-bond acceptors (Lipinski definition) is 4. The molecule has 4 heteroatoms. The van der Waals surface area contributed by atoms with Crippen LogP contribution >= 0.6 is 0 Å². The van der Waals surface area contributed by atoms with E-state index in [0.29, 0.717) is 0 Å². The molecule has 0 aromatic heterocycles. The van der Waals surface area contributed by atoms with E-state index in [1.807, 2.05) is 0 Å². The van der Waals surface area contributed by atoms with Crippen LogP contribution in [0, 0.1) is 0 Å². The van der Waals surface area contributed by atoms with Gasteiger partial charge in [-0.1, -0.05) is 0 Å². The standard InChI is InChI=1S/C14H29N3O/c1-18-12-7-15-6-3-8-16-9-4-11-17-10-2-5-14(17)13-16/h14-15H,2-13H2,1H3. The minimum absolute atomic E-state index is 0.820. The number of methoxy groups -OCH3 is 1. The lowest BCUT2D eigenvalue weighted by Crippen LogP contribution is -2.37. The van der Waals surface area contributed by atoms with Crippen molar-refractivity contribution >= 4 is 0 Å². The molecule has 0 amide bonds. The third-order valence-electron chi connectivity index (χ3n) is 4.20. The first kappa shape index (κ1) is 14.3. The van der Waals surface area contributed by atoms with Crippen LogP contribution in [0.15, 0.2) is 0 Å². The molecule has 0 spiro atoms. The average molecular weight is 255 g/mol. The van der Waals surface area contributed by atoms with E-state index < -0.39 is 0 Å². The highest BCUT2D eigenvalue weighted by Gasteiger charge is 2.28. The summed E-state index contributed by atoms with van der Waals surface area (Å²) in [6, 6.07) is 0.856. The number of rotatable bonds is 7. The van der Waals surface area contributed by atoms with Gasteiger partial charge < -0.3 is 15.0 Å².